The molecule has 27 heavy (non-hydrogen) atoms. The molecule has 4 nitrogen and oxygen atoms in total. The second-order valence-corrected chi connectivity index (χ2v) is 7.28. The Balaban J connectivity index is 1.51. The number of anilines is 1. The van der Waals surface area contributed by atoms with Crippen molar-refractivity contribution < 1.29 is 14.3 Å². The Hall–Kier alpha value is -2.66. The van der Waals surface area contributed by atoms with Crippen LogP contribution in [0.1, 0.15) is 6.92 Å². The van der Waals surface area contributed by atoms with Crippen LogP contribution in [0, 0.1) is 0 Å². The molecule has 1 heterocycles. The van der Waals surface area contributed by atoms with Crippen LogP contribution in [0.2, 0.25) is 0 Å². The van der Waals surface area contributed by atoms with Gasteiger partial charge in [-0.15, -0.1) is 11.8 Å². The first-order valence-corrected chi connectivity index (χ1v) is 10.1. The molecule has 0 N–H and O–H groups in total. The lowest BCUT2D eigenvalue weighted by Gasteiger charge is -2.23. The summed E-state index contributed by atoms with van der Waals surface area (Å²) >= 11 is 1.52. The van der Waals surface area contributed by atoms with E-state index in [0.29, 0.717) is 25.5 Å². The summed E-state index contributed by atoms with van der Waals surface area (Å²) in [6.45, 7) is 3.78. The summed E-state index contributed by atoms with van der Waals surface area (Å²) in [7, 11) is 0. The number of ether oxygens (including phenoxy) is 2. The number of carbonyl (C=O) groups is 1. The summed E-state index contributed by atoms with van der Waals surface area (Å²) in [5.41, 5.74) is 0.961. The molecule has 0 fully saturated rings. The zero-order chi connectivity index (χ0) is 18.6. The van der Waals surface area contributed by atoms with Gasteiger partial charge in [0.05, 0.1) is 11.4 Å². The number of carbonyl (C=O) groups excluding carboxylic acids is 1. The molecule has 0 aliphatic carbocycles. The van der Waals surface area contributed by atoms with Crippen molar-refractivity contribution in [1.82, 2.24) is 0 Å². The lowest BCUT2D eigenvalue weighted by Crippen LogP contribution is -2.32. The Kier molecular flexibility index (Phi) is 5.21. The molecule has 3 aromatic carbocycles. The number of fused-ring (bicyclic) bond motifs is 2. The molecule has 138 valence electrons. The quantitative estimate of drug-likeness (QED) is 0.600. The van der Waals surface area contributed by atoms with Gasteiger partial charge >= 0.3 is 0 Å². The molecule has 1 aliphatic heterocycles. The van der Waals surface area contributed by atoms with Gasteiger partial charge < -0.3 is 14.4 Å². The van der Waals surface area contributed by atoms with E-state index in [1.165, 1.54) is 11.8 Å². The number of hydrogen-bond acceptors (Lipinski definition) is 4. The molecule has 1 amide bonds. The van der Waals surface area contributed by atoms with Crippen LogP contribution in [0.3, 0.4) is 0 Å². The molecule has 5 heteroatoms. The molecule has 3 aromatic rings. The summed E-state index contributed by atoms with van der Waals surface area (Å²) in [6, 6.07) is 20.1. The maximum atomic E-state index is 12.9. The summed E-state index contributed by atoms with van der Waals surface area (Å²) in [6.07, 6.45) is 0. The van der Waals surface area contributed by atoms with Gasteiger partial charge in [0.1, 0.15) is 13.2 Å². The van der Waals surface area contributed by atoms with Gasteiger partial charge in [-0.1, -0.05) is 36.4 Å². The van der Waals surface area contributed by atoms with Gasteiger partial charge in [-0.3, -0.25) is 4.79 Å². The first-order chi connectivity index (χ1) is 13.3. The Morgan fingerprint density at radius 2 is 1.78 bits per heavy atom. The Bertz CT molecular complexity index is 967. The number of thioether (sulfide) groups is 1. The van der Waals surface area contributed by atoms with Crippen molar-refractivity contribution >= 4 is 34.1 Å². The Labute approximate surface area is 163 Å². The van der Waals surface area contributed by atoms with Crippen LogP contribution in [-0.4, -0.2) is 31.4 Å². The number of nitrogens with zero attached hydrogens (tertiary/aromatic N) is 1. The molecule has 0 aromatic heterocycles. The first-order valence-electron chi connectivity index (χ1n) is 9.07. The molecule has 0 saturated heterocycles. The third-order valence-electron chi connectivity index (χ3n) is 4.55. The summed E-state index contributed by atoms with van der Waals surface area (Å²) in [5.74, 6) is 1.98. The molecule has 0 bridgehead atoms. The largest absolute Gasteiger partial charge is 0.486 e. The molecule has 0 unspecified atom stereocenters. The average Bonchev–Trinajstić information content (AvgIpc) is 2.73. The lowest BCUT2D eigenvalue weighted by atomic mass is 10.1. The minimum Gasteiger partial charge on any atom is -0.486 e. The molecule has 0 saturated carbocycles. The number of hydrogen-bond donors (Lipinski definition) is 0. The van der Waals surface area contributed by atoms with E-state index >= 15 is 0 Å². The smallest absolute Gasteiger partial charge is 0.237 e. The van der Waals surface area contributed by atoms with E-state index in [4.69, 9.17) is 9.47 Å². The van der Waals surface area contributed by atoms with Gasteiger partial charge in [0.2, 0.25) is 5.91 Å². The maximum Gasteiger partial charge on any atom is 0.237 e. The fraction of sp³-hybridized carbons (Fsp3) is 0.227. The third kappa shape index (κ3) is 3.74. The fourth-order valence-corrected chi connectivity index (χ4v) is 4.06. The molecule has 4 rings (SSSR count). The fourth-order valence-electron chi connectivity index (χ4n) is 3.26. The SMILES string of the molecule is CCN(C(=O)CSc1ccc2c(c1)OCCO2)c1cccc2ccccc12. The van der Waals surface area contributed by atoms with E-state index in [1.807, 2.05) is 54.3 Å². The Morgan fingerprint density at radius 1 is 1.00 bits per heavy atom. The Morgan fingerprint density at radius 3 is 2.63 bits per heavy atom. The van der Waals surface area contributed by atoms with E-state index < -0.39 is 0 Å². The van der Waals surface area contributed by atoms with E-state index in [2.05, 4.69) is 18.2 Å². The highest BCUT2D eigenvalue weighted by molar-refractivity contribution is 8.00. The van der Waals surface area contributed by atoms with Gasteiger partial charge in [-0.25, -0.2) is 0 Å². The van der Waals surface area contributed by atoms with Crippen molar-refractivity contribution in [2.75, 3.05) is 30.4 Å². The van der Waals surface area contributed by atoms with Gasteiger partial charge in [0.25, 0.3) is 0 Å². The molecular formula is C22H21NO3S. The minimum atomic E-state index is 0.0914. The predicted molar refractivity (Wildman–Crippen MR) is 110 cm³/mol. The van der Waals surface area contributed by atoms with Gasteiger partial charge in [-0.05, 0) is 36.6 Å². The van der Waals surface area contributed by atoms with Crippen molar-refractivity contribution in [2.24, 2.45) is 0 Å². The van der Waals surface area contributed by atoms with E-state index in [0.717, 1.165) is 32.9 Å². The average molecular weight is 379 g/mol. The van der Waals surface area contributed by atoms with Gasteiger partial charge in [0.15, 0.2) is 11.5 Å². The lowest BCUT2D eigenvalue weighted by molar-refractivity contribution is -0.116. The van der Waals surface area contributed by atoms with Crippen LogP contribution in [0.15, 0.2) is 65.6 Å². The van der Waals surface area contributed by atoms with E-state index in [1.54, 1.807) is 0 Å². The monoisotopic (exact) mass is 379 g/mol. The van der Waals surface area contributed by atoms with Crippen molar-refractivity contribution in [1.29, 1.82) is 0 Å². The zero-order valence-electron chi connectivity index (χ0n) is 15.2. The van der Waals surface area contributed by atoms with Crippen LogP contribution < -0.4 is 14.4 Å². The van der Waals surface area contributed by atoms with Crippen LogP contribution in [0.4, 0.5) is 5.69 Å². The van der Waals surface area contributed by atoms with Gasteiger partial charge in [-0.2, -0.15) is 0 Å². The van der Waals surface area contributed by atoms with Crippen LogP contribution in [0.25, 0.3) is 10.8 Å². The van der Waals surface area contributed by atoms with Crippen molar-refractivity contribution in [2.45, 2.75) is 11.8 Å². The second kappa shape index (κ2) is 7.92. The van der Waals surface area contributed by atoms with Gasteiger partial charge in [0, 0.05) is 16.8 Å². The molecule has 0 atom stereocenters. The van der Waals surface area contributed by atoms with Crippen LogP contribution in [0.5, 0.6) is 11.5 Å². The van der Waals surface area contributed by atoms with Crippen LogP contribution >= 0.6 is 11.8 Å². The number of benzene rings is 3. The maximum absolute atomic E-state index is 12.9. The van der Waals surface area contributed by atoms with E-state index in [9.17, 15) is 4.79 Å². The molecule has 1 aliphatic rings. The topological polar surface area (TPSA) is 38.8 Å². The predicted octanol–water partition coefficient (Wildman–Crippen LogP) is 4.76. The second-order valence-electron chi connectivity index (χ2n) is 6.23. The highest BCUT2D eigenvalue weighted by Crippen LogP contribution is 2.34. The summed E-state index contributed by atoms with van der Waals surface area (Å²) in [4.78, 5) is 15.8. The number of rotatable bonds is 5. The van der Waals surface area contributed by atoms with Crippen LogP contribution in [-0.2, 0) is 4.79 Å². The molecular weight excluding hydrogens is 358 g/mol. The first kappa shape index (κ1) is 17.7. The molecule has 0 spiro atoms. The standard InChI is InChI=1S/C22H21NO3S/c1-2-23(19-9-5-7-16-6-3-4-8-18(16)19)22(24)15-27-17-10-11-20-21(14-17)26-13-12-25-20/h3-11,14H,2,12-13,15H2,1H3. The normalized spacial score (nSPS) is 12.8. The highest BCUT2D eigenvalue weighted by Gasteiger charge is 2.17. The van der Waals surface area contributed by atoms with Crippen molar-refractivity contribution in [3.63, 3.8) is 0 Å². The number of amides is 1. The van der Waals surface area contributed by atoms with E-state index in [-0.39, 0.29) is 5.91 Å². The summed E-state index contributed by atoms with van der Waals surface area (Å²) in [5, 5.41) is 2.24. The molecule has 0 radical (unpaired) electrons. The zero-order valence-corrected chi connectivity index (χ0v) is 16.0. The third-order valence-corrected chi connectivity index (χ3v) is 5.53. The minimum absolute atomic E-state index is 0.0914. The highest BCUT2D eigenvalue weighted by atomic mass is 32.2. The van der Waals surface area contributed by atoms with Crippen molar-refractivity contribution in [3.8, 4) is 11.5 Å². The summed E-state index contributed by atoms with van der Waals surface area (Å²) < 4.78 is 11.2. The van der Waals surface area contributed by atoms with Crippen molar-refractivity contribution in [3.05, 3.63) is 60.7 Å².